The molecule has 2 rings (SSSR count). The summed E-state index contributed by atoms with van der Waals surface area (Å²) >= 11 is 0. The lowest BCUT2D eigenvalue weighted by Crippen LogP contribution is -2.43. The Morgan fingerprint density at radius 1 is 1.32 bits per heavy atom. The number of H-pyrrole nitrogens is 1. The smallest absolute Gasteiger partial charge is 0.326 e. The first-order chi connectivity index (χ1) is 9.00. The number of carboxylic acids is 1. The second-order valence-corrected chi connectivity index (χ2v) is 4.59. The summed E-state index contributed by atoms with van der Waals surface area (Å²) in [5.74, 6) is -1.70. The third-order valence-corrected chi connectivity index (χ3v) is 3.24. The van der Waals surface area contributed by atoms with Crippen molar-refractivity contribution in [1.29, 1.82) is 0 Å². The standard InChI is InChI=1S/C14H16N2O3/c1-8(13(14(18)19)16-9(2)17)11-7-15-12-6-4-3-5-10(11)12/h3-8,13,15H,1-2H3,(H,16,17)(H,18,19)/t8-,13+/m0/s1. The van der Waals surface area contributed by atoms with E-state index >= 15 is 0 Å². The van der Waals surface area contributed by atoms with Gasteiger partial charge in [0, 0.05) is 29.9 Å². The Labute approximate surface area is 110 Å². The summed E-state index contributed by atoms with van der Waals surface area (Å²) in [5, 5.41) is 12.7. The number of benzene rings is 1. The van der Waals surface area contributed by atoms with Crippen LogP contribution in [0, 0.1) is 0 Å². The Bertz CT molecular complexity index is 618. The number of carbonyl (C=O) groups excluding carboxylic acids is 1. The van der Waals surface area contributed by atoms with Gasteiger partial charge in [-0.1, -0.05) is 25.1 Å². The number of carboxylic acid groups (broad SMARTS) is 1. The van der Waals surface area contributed by atoms with Gasteiger partial charge in [0.15, 0.2) is 0 Å². The van der Waals surface area contributed by atoms with Gasteiger partial charge in [0.05, 0.1) is 0 Å². The number of hydrogen-bond acceptors (Lipinski definition) is 2. The van der Waals surface area contributed by atoms with Crippen molar-refractivity contribution in [3.05, 3.63) is 36.0 Å². The molecular formula is C14H16N2O3. The SMILES string of the molecule is CC(=O)N[C@@H](C(=O)O)[C@@H](C)c1c[nH]c2ccccc12. The van der Waals surface area contributed by atoms with Gasteiger partial charge in [-0.15, -0.1) is 0 Å². The van der Waals surface area contributed by atoms with Crippen LogP contribution in [0.25, 0.3) is 10.9 Å². The summed E-state index contributed by atoms with van der Waals surface area (Å²) in [6, 6.07) is 6.75. The van der Waals surface area contributed by atoms with Gasteiger partial charge in [-0.2, -0.15) is 0 Å². The summed E-state index contributed by atoms with van der Waals surface area (Å²) in [6.45, 7) is 3.11. The molecule has 100 valence electrons. The molecule has 1 aromatic heterocycles. The van der Waals surface area contributed by atoms with E-state index in [-0.39, 0.29) is 11.8 Å². The molecule has 0 unspecified atom stereocenters. The summed E-state index contributed by atoms with van der Waals surface area (Å²) in [4.78, 5) is 25.5. The third kappa shape index (κ3) is 2.59. The van der Waals surface area contributed by atoms with Crippen LogP contribution in [0.2, 0.25) is 0 Å². The predicted molar refractivity (Wildman–Crippen MR) is 72.0 cm³/mol. The van der Waals surface area contributed by atoms with Gasteiger partial charge in [0.25, 0.3) is 0 Å². The van der Waals surface area contributed by atoms with Crippen LogP contribution in [0.5, 0.6) is 0 Å². The molecule has 2 atom stereocenters. The Morgan fingerprint density at radius 2 is 2.00 bits per heavy atom. The number of fused-ring (bicyclic) bond motifs is 1. The lowest BCUT2D eigenvalue weighted by molar-refractivity contribution is -0.142. The van der Waals surface area contributed by atoms with Gasteiger partial charge in [-0.05, 0) is 11.6 Å². The fourth-order valence-corrected chi connectivity index (χ4v) is 2.27. The van der Waals surface area contributed by atoms with Crippen molar-refractivity contribution in [2.45, 2.75) is 25.8 Å². The molecule has 5 heteroatoms. The van der Waals surface area contributed by atoms with E-state index < -0.39 is 12.0 Å². The molecule has 0 aliphatic carbocycles. The van der Waals surface area contributed by atoms with E-state index in [9.17, 15) is 14.7 Å². The third-order valence-electron chi connectivity index (χ3n) is 3.24. The molecule has 0 aliphatic heterocycles. The quantitative estimate of drug-likeness (QED) is 0.784. The minimum Gasteiger partial charge on any atom is -0.480 e. The number of carbonyl (C=O) groups is 2. The predicted octanol–water partition coefficient (Wildman–Crippen LogP) is 1.86. The average Bonchev–Trinajstić information content (AvgIpc) is 2.78. The van der Waals surface area contributed by atoms with Gasteiger partial charge in [0.1, 0.15) is 6.04 Å². The van der Waals surface area contributed by atoms with Gasteiger partial charge in [-0.3, -0.25) is 4.79 Å². The van der Waals surface area contributed by atoms with E-state index in [1.54, 1.807) is 13.1 Å². The Balaban J connectivity index is 2.38. The molecule has 3 N–H and O–H groups in total. The summed E-state index contributed by atoms with van der Waals surface area (Å²) < 4.78 is 0. The maximum Gasteiger partial charge on any atom is 0.326 e. The van der Waals surface area contributed by atoms with Crippen LogP contribution in [-0.2, 0) is 9.59 Å². The van der Waals surface area contributed by atoms with Crippen LogP contribution in [0.1, 0.15) is 25.3 Å². The molecular weight excluding hydrogens is 244 g/mol. The largest absolute Gasteiger partial charge is 0.480 e. The number of nitrogens with one attached hydrogen (secondary N) is 2. The Morgan fingerprint density at radius 3 is 2.63 bits per heavy atom. The van der Waals surface area contributed by atoms with Crippen molar-refractivity contribution in [3.63, 3.8) is 0 Å². The van der Waals surface area contributed by atoms with Gasteiger partial charge in [0.2, 0.25) is 5.91 Å². The van der Waals surface area contributed by atoms with E-state index in [2.05, 4.69) is 10.3 Å². The number of rotatable bonds is 4. The van der Waals surface area contributed by atoms with Crippen molar-refractivity contribution in [1.82, 2.24) is 10.3 Å². The maximum atomic E-state index is 11.3. The van der Waals surface area contributed by atoms with Crippen molar-refractivity contribution in [2.75, 3.05) is 0 Å². The lowest BCUT2D eigenvalue weighted by Gasteiger charge is -2.20. The molecule has 1 aromatic carbocycles. The fraction of sp³-hybridized carbons (Fsp3) is 0.286. The second kappa shape index (κ2) is 5.14. The summed E-state index contributed by atoms with van der Waals surface area (Å²) in [6.07, 6.45) is 1.80. The molecule has 0 fully saturated rings. The summed E-state index contributed by atoms with van der Waals surface area (Å²) in [5.41, 5.74) is 1.84. The van der Waals surface area contributed by atoms with E-state index in [1.165, 1.54) is 6.92 Å². The molecule has 0 bridgehead atoms. The van der Waals surface area contributed by atoms with Crippen molar-refractivity contribution in [3.8, 4) is 0 Å². The topological polar surface area (TPSA) is 82.2 Å². The Kier molecular flexibility index (Phi) is 3.55. The van der Waals surface area contributed by atoms with Crippen molar-refractivity contribution < 1.29 is 14.7 Å². The molecule has 0 saturated carbocycles. The Hall–Kier alpha value is -2.30. The van der Waals surface area contributed by atoms with Gasteiger partial charge in [-0.25, -0.2) is 4.79 Å². The minimum atomic E-state index is -1.03. The van der Waals surface area contributed by atoms with E-state index in [1.807, 2.05) is 24.3 Å². The monoisotopic (exact) mass is 260 g/mol. The molecule has 1 heterocycles. The highest BCUT2D eigenvalue weighted by Crippen LogP contribution is 2.27. The lowest BCUT2D eigenvalue weighted by atomic mass is 9.93. The fourth-order valence-electron chi connectivity index (χ4n) is 2.27. The number of para-hydroxylation sites is 1. The first kappa shape index (κ1) is 13.1. The number of aliphatic carboxylic acids is 1. The molecule has 5 nitrogen and oxygen atoms in total. The number of amides is 1. The van der Waals surface area contributed by atoms with Gasteiger partial charge >= 0.3 is 5.97 Å². The molecule has 0 spiro atoms. The van der Waals surface area contributed by atoms with Crippen LogP contribution < -0.4 is 5.32 Å². The molecule has 2 aromatic rings. The maximum absolute atomic E-state index is 11.3. The molecule has 1 amide bonds. The van der Waals surface area contributed by atoms with E-state index in [0.717, 1.165) is 16.5 Å². The minimum absolute atomic E-state index is 0.322. The highest BCUT2D eigenvalue weighted by Gasteiger charge is 2.28. The van der Waals surface area contributed by atoms with Gasteiger partial charge < -0.3 is 15.4 Å². The number of aromatic nitrogens is 1. The van der Waals surface area contributed by atoms with E-state index in [4.69, 9.17) is 0 Å². The van der Waals surface area contributed by atoms with Crippen LogP contribution in [-0.4, -0.2) is 28.0 Å². The zero-order valence-electron chi connectivity index (χ0n) is 10.8. The molecule has 0 radical (unpaired) electrons. The van der Waals surface area contributed by atoms with Crippen LogP contribution >= 0.6 is 0 Å². The summed E-state index contributed by atoms with van der Waals surface area (Å²) in [7, 11) is 0. The van der Waals surface area contributed by atoms with E-state index in [0.29, 0.717) is 0 Å². The van der Waals surface area contributed by atoms with Crippen LogP contribution in [0.4, 0.5) is 0 Å². The molecule has 0 aliphatic rings. The number of hydrogen-bond donors (Lipinski definition) is 3. The second-order valence-electron chi connectivity index (χ2n) is 4.59. The van der Waals surface area contributed by atoms with Crippen molar-refractivity contribution >= 4 is 22.8 Å². The highest BCUT2D eigenvalue weighted by atomic mass is 16.4. The van der Waals surface area contributed by atoms with Crippen molar-refractivity contribution in [2.24, 2.45) is 0 Å². The highest BCUT2D eigenvalue weighted by molar-refractivity contribution is 5.87. The average molecular weight is 260 g/mol. The number of aromatic amines is 1. The zero-order valence-corrected chi connectivity index (χ0v) is 10.8. The normalized spacial score (nSPS) is 14.0. The first-order valence-electron chi connectivity index (χ1n) is 6.06. The van der Waals surface area contributed by atoms with Crippen LogP contribution in [0.3, 0.4) is 0 Å². The zero-order chi connectivity index (χ0) is 14.0. The molecule has 19 heavy (non-hydrogen) atoms. The van der Waals surface area contributed by atoms with Crippen LogP contribution in [0.15, 0.2) is 30.5 Å². The first-order valence-corrected chi connectivity index (χ1v) is 6.06. The molecule has 0 saturated heterocycles.